The molecule has 0 bridgehead atoms. The SMILES string of the molecule is CN(CCN)CC1=C=NN=C1c1cc(CCC(C)(C)C)cc(C(F)(F)P)c1. The first-order valence-electron chi connectivity index (χ1n) is 9.09. The van der Waals surface area contributed by atoms with Crippen molar-refractivity contribution in [2.75, 3.05) is 26.7 Å². The van der Waals surface area contributed by atoms with Gasteiger partial charge in [0.2, 0.25) is 0 Å². The standard InChI is InChI=1S/C20H29F2N4P/c1-19(2,3)6-5-14-9-15(11-17(10-14)20(21,22)27)18-16(12-24-25-18)13-26(4)8-7-23/h9-11H,5-8,13,23,27H2,1-4H3. The largest absolute Gasteiger partial charge is 0.329 e. The van der Waals surface area contributed by atoms with E-state index in [2.05, 4.69) is 36.8 Å². The van der Waals surface area contributed by atoms with Gasteiger partial charge in [0, 0.05) is 36.6 Å². The van der Waals surface area contributed by atoms with Crippen LogP contribution < -0.4 is 5.73 Å². The summed E-state index contributed by atoms with van der Waals surface area (Å²) in [5, 5.41) is 8.05. The van der Waals surface area contributed by atoms with Crippen LogP contribution in [0.2, 0.25) is 0 Å². The molecule has 1 aliphatic rings. The van der Waals surface area contributed by atoms with E-state index in [1.54, 1.807) is 15.3 Å². The predicted octanol–water partition coefficient (Wildman–Crippen LogP) is 3.79. The topological polar surface area (TPSA) is 54.0 Å². The van der Waals surface area contributed by atoms with Gasteiger partial charge in [-0.25, -0.2) is 0 Å². The Balaban J connectivity index is 2.34. The lowest BCUT2D eigenvalue weighted by molar-refractivity contribution is 0.104. The van der Waals surface area contributed by atoms with E-state index >= 15 is 0 Å². The van der Waals surface area contributed by atoms with Crippen LogP contribution in [0.15, 0.2) is 34.0 Å². The maximum Gasteiger partial charge on any atom is 0.283 e. The molecule has 0 saturated heterocycles. The van der Waals surface area contributed by atoms with E-state index in [4.69, 9.17) is 5.73 Å². The molecule has 1 aromatic rings. The van der Waals surface area contributed by atoms with Gasteiger partial charge in [-0.1, -0.05) is 30.0 Å². The molecule has 0 aliphatic carbocycles. The molecule has 148 valence electrons. The number of hydrogen-bond acceptors (Lipinski definition) is 4. The van der Waals surface area contributed by atoms with E-state index in [1.807, 2.05) is 18.0 Å². The lowest BCUT2D eigenvalue weighted by Gasteiger charge is -2.20. The maximum atomic E-state index is 14.0. The molecule has 1 aromatic carbocycles. The average molecular weight is 394 g/mol. The fraction of sp³-hybridized carbons (Fsp3) is 0.550. The van der Waals surface area contributed by atoms with Gasteiger partial charge in [-0.2, -0.15) is 8.78 Å². The van der Waals surface area contributed by atoms with E-state index in [-0.39, 0.29) is 11.0 Å². The van der Waals surface area contributed by atoms with Gasteiger partial charge >= 0.3 is 0 Å². The summed E-state index contributed by atoms with van der Waals surface area (Å²) >= 11 is 0. The highest BCUT2D eigenvalue weighted by molar-refractivity contribution is 7.17. The van der Waals surface area contributed by atoms with E-state index < -0.39 is 5.66 Å². The zero-order valence-electron chi connectivity index (χ0n) is 16.5. The van der Waals surface area contributed by atoms with Crippen LogP contribution in [0.25, 0.3) is 0 Å². The molecule has 27 heavy (non-hydrogen) atoms. The normalized spacial score (nSPS) is 14.7. The molecule has 0 amide bonds. The average Bonchev–Trinajstić information content (AvgIpc) is 2.99. The molecule has 1 aliphatic heterocycles. The predicted molar refractivity (Wildman–Crippen MR) is 112 cm³/mol. The molecule has 2 rings (SSSR count). The third kappa shape index (κ3) is 6.58. The molecule has 0 aromatic heterocycles. The summed E-state index contributed by atoms with van der Waals surface area (Å²) in [6.45, 7) is 8.26. The molecule has 1 atom stereocenters. The van der Waals surface area contributed by atoms with Gasteiger partial charge in [-0.15, -0.1) is 10.2 Å². The fourth-order valence-electron chi connectivity index (χ4n) is 2.85. The van der Waals surface area contributed by atoms with Crippen molar-refractivity contribution in [3.8, 4) is 0 Å². The molecule has 0 saturated carbocycles. The molecule has 0 spiro atoms. The maximum absolute atomic E-state index is 14.0. The molecule has 1 unspecified atom stereocenters. The van der Waals surface area contributed by atoms with E-state index in [0.717, 1.165) is 30.5 Å². The van der Waals surface area contributed by atoms with Crippen LogP contribution in [0.1, 0.15) is 43.9 Å². The summed E-state index contributed by atoms with van der Waals surface area (Å²) in [6.07, 6.45) is 1.63. The van der Waals surface area contributed by atoms with Crippen LogP contribution in [0.4, 0.5) is 8.78 Å². The van der Waals surface area contributed by atoms with Crippen molar-refractivity contribution in [1.29, 1.82) is 0 Å². The smallest absolute Gasteiger partial charge is 0.283 e. The zero-order valence-corrected chi connectivity index (χ0v) is 17.7. The van der Waals surface area contributed by atoms with Gasteiger partial charge in [-0.05, 0) is 49.1 Å². The summed E-state index contributed by atoms with van der Waals surface area (Å²) in [5.41, 5.74) is 5.63. The summed E-state index contributed by atoms with van der Waals surface area (Å²) < 4.78 is 28.1. The van der Waals surface area contributed by atoms with Crippen molar-refractivity contribution >= 4 is 20.8 Å². The Labute approximate surface area is 162 Å². The Morgan fingerprint density at radius 2 is 1.93 bits per heavy atom. The Hall–Kier alpha value is -1.45. The van der Waals surface area contributed by atoms with Gasteiger partial charge in [-0.3, -0.25) is 0 Å². The Kier molecular flexibility index (Phi) is 7.04. The minimum Gasteiger partial charge on any atom is -0.329 e. The molecular formula is C20H29F2N4P. The first kappa shape index (κ1) is 21.8. The Morgan fingerprint density at radius 1 is 1.22 bits per heavy atom. The molecule has 0 radical (unpaired) electrons. The van der Waals surface area contributed by atoms with E-state index in [1.165, 1.54) is 6.07 Å². The van der Waals surface area contributed by atoms with Crippen LogP contribution in [-0.2, 0) is 12.1 Å². The molecule has 4 nitrogen and oxygen atoms in total. The van der Waals surface area contributed by atoms with Crippen LogP contribution in [0.3, 0.4) is 0 Å². The second-order valence-electron chi connectivity index (χ2n) is 8.27. The van der Waals surface area contributed by atoms with Gasteiger partial charge in [0.25, 0.3) is 5.66 Å². The number of halogens is 2. The van der Waals surface area contributed by atoms with Crippen molar-refractivity contribution in [3.05, 3.63) is 40.5 Å². The minimum absolute atomic E-state index is 0.0295. The van der Waals surface area contributed by atoms with Crippen molar-refractivity contribution < 1.29 is 8.78 Å². The molecule has 2 N–H and O–H groups in total. The van der Waals surface area contributed by atoms with Gasteiger partial charge in [0.1, 0.15) is 5.71 Å². The van der Waals surface area contributed by atoms with E-state index in [0.29, 0.717) is 24.4 Å². The number of nitrogens with zero attached hydrogens (tertiary/aromatic N) is 3. The third-order valence-corrected chi connectivity index (χ3v) is 4.71. The Bertz CT molecular complexity index is 769. The van der Waals surface area contributed by atoms with Gasteiger partial charge in [0.15, 0.2) is 0 Å². The van der Waals surface area contributed by atoms with Crippen molar-refractivity contribution in [2.24, 2.45) is 21.4 Å². The number of hydrogen-bond donors (Lipinski definition) is 1. The van der Waals surface area contributed by atoms with Gasteiger partial charge < -0.3 is 10.6 Å². The van der Waals surface area contributed by atoms with Gasteiger partial charge in [0.05, 0.1) is 5.57 Å². The Morgan fingerprint density at radius 3 is 2.52 bits per heavy atom. The third-order valence-electron chi connectivity index (χ3n) is 4.37. The van der Waals surface area contributed by atoms with Crippen molar-refractivity contribution in [2.45, 2.75) is 39.3 Å². The highest BCUT2D eigenvalue weighted by atomic mass is 31.0. The molecule has 0 fully saturated rings. The second-order valence-corrected chi connectivity index (χ2v) is 8.99. The van der Waals surface area contributed by atoms with E-state index in [9.17, 15) is 8.78 Å². The van der Waals surface area contributed by atoms with Crippen LogP contribution in [-0.4, -0.2) is 43.2 Å². The summed E-state index contributed by atoms with van der Waals surface area (Å²) in [7, 11) is 3.57. The van der Waals surface area contributed by atoms with Crippen LogP contribution in [0, 0.1) is 5.41 Å². The zero-order chi connectivity index (χ0) is 20.2. The highest BCUT2D eigenvalue weighted by Crippen LogP contribution is 2.36. The second kappa shape index (κ2) is 8.70. The monoisotopic (exact) mass is 394 g/mol. The van der Waals surface area contributed by atoms with Crippen LogP contribution in [0.5, 0.6) is 0 Å². The quantitative estimate of drug-likeness (QED) is 0.682. The molecular weight excluding hydrogens is 365 g/mol. The lowest BCUT2D eigenvalue weighted by atomic mass is 9.87. The number of benzene rings is 1. The number of likely N-dealkylation sites (N-methyl/N-ethyl adjacent to an activating group) is 1. The molecule has 7 heteroatoms. The fourth-order valence-corrected chi connectivity index (χ4v) is 3.01. The number of alkyl halides is 2. The first-order chi connectivity index (χ1) is 12.5. The molecule has 1 heterocycles. The van der Waals surface area contributed by atoms with Crippen molar-refractivity contribution in [1.82, 2.24) is 4.90 Å². The van der Waals surface area contributed by atoms with Crippen LogP contribution >= 0.6 is 9.24 Å². The summed E-state index contributed by atoms with van der Waals surface area (Å²) in [5.74, 6) is 2.89. The highest BCUT2D eigenvalue weighted by Gasteiger charge is 2.27. The van der Waals surface area contributed by atoms with Crippen molar-refractivity contribution in [3.63, 3.8) is 0 Å². The number of rotatable bonds is 8. The lowest BCUT2D eigenvalue weighted by Crippen LogP contribution is -2.29. The summed E-state index contributed by atoms with van der Waals surface area (Å²) in [4.78, 5) is 2.04. The first-order valence-corrected chi connectivity index (χ1v) is 9.67. The number of nitrogens with two attached hydrogens (primary N) is 1. The number of aryl methyl sites for hydroxylation is 1. The summed E-state index contributed by atoms with van der Waals surface area (Å²) in [6, 6.07) is 5.02. The minimum atomic E-state index is -2.99.